The fraction of sp³-hybridized carbons (Fsp3) is 0.562. The molecular weight excluding hydrogens is 323 g/mol. The number of nitrogens with one attached hydrogen (secondary N) is 2. The van der Waals surface area contributed by atoms with E-state index in [1.165, 1.54) is 12.1 Å². The normalized spacial score (nSPS) is 21.1. The van der Waals surface area contributed by atoms with Crippen molar-refractivity contribution in [1.29, 1.82) is 0 Å². The number of alkyl halides is 3. The summed E-state index contributed by atoms with van der Waals surface area (Å²) in [6.45, 7) is 4.02. The van der Waals surface area contributed by atoms with Crippen LogP contribution in [0.5, 0.6) is 5.75 Å². The summed E-state index contributed by atoms with van der Waals surface area (Å²) in [6, 6.07) is 4.33. The van der Waals surface area contributed by atoms with Gasteiger partial charge >= 0.3 is 6.18 Å². The third kappa shape index (κ3) is 4.61. The van der Waals surface area contributed by atoms with Gasteiger partial charge in [0.2, 0.25) is 5.91 Å². The average molecular weight is 345 g/mol. The Morgan fingerprint density at radius 2 is 2.08 bits per heavy atom. The van der Waals surface area contributed by atoms with Gasteiger partial charge in [-0.1, -0.05) is 6.07 Å². The molecule has 0 spiro atoms. The topological polar surface area (TPSA) is 53.6 Å². The molecule has 1 aliphatic rings. The van der Waals surface area contributed by atoms with Gasteiger partial charge in [0.25, 0.3) is 0 Å². The highest BCUT2D eigenvalue weighted by atomic mass is 19.4. The van der Waals surface area contributed by atoms with Crippen LogP contribution in [0.2, 0.25) is 0 Å². The van der Waals surface area contributed by atoms with Gasteiger partial charge in [0.15, 0.2) is 0 Å². The molecule has 0 saturated carbocycles. The average Bonchev–Trinajstić information content (AvgIpc) is 2.99. The lowest BCUT2D eigenvalue weighted by Gasteiger charge is -2.24. The van der Waals surface area contributed by atoms with Crippen molar-refractivity contribution < 1.29 is 22.7 Å². The predicted molar refractivity (Wildman–Crippen MR) is 83.3 cm³/mol. The number of hydrogen-bond acceptors (Lipinski definition) is 4. The Kier molecular flexibility index (Phi) is 5.71. The van der Waals surface area contributed by atoms with Crippen molar-refractivity contribution in [2.45, 2.75) is 44.6 Å². The molecule has 2 N–H and O–H groups in total. The SMILES string of the molecule is CC(C)N(C)C(=O)C1CC(COc2cccc(C(F)(F)F)c2)NN1. The van der Waals surface area contributed by atoms with Gasteiger partial charge in [0.1, 0.15) is 18.4 Å². The van der Waals surface area contributed by atoms with Gasteiger partial charge < -0.3 is 9.64 Å². The van der Waals surface area contributed by atoms with Crippen molar-refractivity contribution in [3.63, 3.8) is 0 Å². The number of rotatable bonds is 5. The third-order valence-corrected chi connectivity index (χ3v) is 4.01. The second kappa shape index (κ2) is 7.40. The highest BCUT2D eigenvalue weighted by Gasteiger charge is 2.33. The Morgan fingerprint density at radius 1 is 1.38 bits per heavy atom. The highest BCUT2D eigenvalue weighted by molar-refractivity contribution is 5.82. The van der Waals surface area contributed by atoms with Crippen molar-refractivity contribution in [3.8, 4) is 5.75 Å². The zero-order chi connectivity index (χ0) is 17.9. The molecule has 1 saturated heterocycles. The third-order valence-electron chi connectivity index (χ3n) is 4.01. The molecule has 1 aromatic carbocycles. The van der Waals surface area contributed by atoms with Crippen molar-refractivity contribution in [3.05, 3.63) is 29.8 Å². The number of likely N-dealkylation sites (N-methyl/N-ethyl adjacent to an activating group) is 1. The molecule has 0 aromatic heterocycles. The molecule has 5 nitrogen and oxygen atoms in total. The molecule has 2 unspecified atom stereocenters. The molecule has 24 heavy (non-hydrogen) atoms. The molecule has 1 amide bonds. The Balaban J connectivity index is 1.87. The fourth-order valence-corrected chi connectivity index (χ4v) is 2.35. The number of amides is 1. The number of hydrazine groups is 1. The second-order valence-electron chi connectivity index (χ2n) is 6.15. The van der Waals surface area contributed by atoms with Crippen LogP contribution in [0, 0.1) is 0 Å². The quantitative estimate of drug-likeness (QED) is 0.859. The molecule has 134 valence electrons. The Bertz CT molecular complexity index is 578. The number of benzene rings is 1. The minimum Gasteiger partial charge on any atom is -0.492 e. The number of halogens is 3. The first-order valence-electron chi connectivity index (χ1n) is 7.76. The lowest BCUT2D eigenvalue weighted by atomic mass is 10.1. The lowest BCUT2D eigenvalue weighted by Crippen LogP contribution is -2.46. The highest BCUT2D eigenvalue weighted by Crippen LogP contribution is 2.31. The van der Waals surface area contributed by atoms with E-state index in [2.05, 4.69) is 10.9 Å². The molecule has 1 heterocycles. The minimum absolute atomic E-state index is 0.0286. The second-order valence-corrected chi connectivity index (χ2v) is 6.15. The standard InChI is InChI=1S/C16H22F3N3O2/c1-10(2)22(3)15(23)14-8-12(20-21-14)9-24-13-6-4-5-11(7-13)16(17,18)19/h4-7,10,12,14,20-21H,8-9H2,1-3H3. The van der Waals surface area contributed by atoms with E-state index >= 15 is 0 Å². The maximum atomic E-state index is 12.7. The summed E-state index contributed by atoms with van der Waals surface area (Å²) in [5, 5.41) is 0. The smallest absolute Gasteiger partial charge is 0.416 e. The van der Waals surface area contributed by atoms with Gasteiger partial charge in [-0.25, -0.2) is 5.43 Å². The molecule has 0 aliphatic carbocycles. The summed E-state index contributed by atoms with van der Waals surface area (Å²) < 4.78 is 43.4. The van der Waals surface area contributed by atoms with Crippen LogP contribution in [0.15, 0.2) is 24.3 Å². The van der Waals surface area contributed by atoms with Gasteiger partial charge in [-0.3, -0.25) is 10.2 Å². The Labute approximate surface area is 139 Å². The first kappa shape index (κ1) is 18.5. The van der Waals surface area contributed by atoms with Gasteiger partial charge in [-0.05, 0) is 38.5 Å². The number of nitrogens with zero attached hydrogens (tertiary/aromatic N) is 1. The van der Waals surface area contributed by atoms with Crippen molar-refractivity contribution in [2.75, 3.05) is 13.7 Å². The fourth-order valence-electron chi connectivity index (χ4n) is 2.35. The van der Waals surface area contributed by atoms with E-state index in [9.17, 15) is 18.0 Å². The van der Waals surface area contributed by atoms with Crippen molar-refractivity contribution >= 4 is 5.91 Å². The molecule has 1 aliphatic heterocycles. The van der Waals surface area contributed by atoms with E-state index in [4.69, 9.17) is 4.74 Å². The van der Waals surface area contributed by atoms with Crippen LogP contribution in [-0.2, 0) is 11.0 Å². The van der Waals surface area contributed by atoms with Gasteiger partial charge in [0, 0.05) is 13.1 Å². The Morgan fingerprint density at radius 3 is 2.71 bits per heavy atom. The number of hydrogen-bond donors (Lipinski definition) is 2. The van der Waals surface area contributed by atoms with Gasteiger partial charge in [-0.2, -0.15) is 13.2 Å². The van der Waals surface area contributed by atoms with Crippen molar-refractivity contribution in [2.24, 2.45) is 0 Å². The van der Waals surface area contributed by atoms with E-state index in [0.29, 0.717) is 6.42 Å². The molecule has 0 radical (unpaired) electrons. The maximum absolute atomic E-state index is 12.7. The zero-order valence-electron chi connectivity index (χ0n) is 13.9. The van der Waals surface area contributed by atoms with Crippen LogP contribution in [-0.4, -0.2) is 42.6 Å². The summed E-state index contributed by atoms with van der Waals surface area (Å²) in [7, 11) is 1.74. The van der Waals surface area contributed by atoms with Crippen LogP contribution < -0.4 is 15.6 Å². The first-order valence-corrected chi connectivity index (χ1v) is 7.76. The zero-order valence-corrected chi connectivity index (χ0v) is 13.9. The summed E-state index contributed by atoms with van der Waals surface area (Å²) in [5.41, 5.74) is 5.12. The van der Waals surface area contributed by atoms with Crippen LogP contribution in [0.1, 0.15) is 25.8 Å². The summed E-state index contributed by atoms with van der Waals surface area (Å²) >= 11 is 0. The predicted octanol–water partition coefficient (Wildman–Crippen LogP) is 2.19. The van der Waals surface area contributed by atoms with Crippen molar-refractivity contribution in [1.82, 2.24) is 15.8 Å². The molecular formula is C16H22F3N3O2. The largest absolute Gasteiger partial charge is 0.492 e. The van der Waals surface area contributed by atoms with Crippen LogP contribution in [0.3, 0.4) is 0 Å². The number of carbonyl (C=O) groups excluding carboxylic acids is 1. The van der Waals surface area contributed by atoms with E-state index in [0.717, 1.165) is 12.1 Å². The molecule has 2 rings (SSSR count). The van der Waals surface area contributed by atoms with Crippen LogP contribution >= 0.6 is 0 Å². The molecule has 2 atom stereocenters. The molecule has 0 bridgehead atoms. The monoisotopic (exact) mass is 345 g/mol. The van der Waals surface area contributed by atoms with E-state index in [1.54, 1.807) is 11.9 Å². The first-order chi connectivity index (χ1) is 11.2. The summed E-state index contributed by atoms with van der Waals surface area (Å²) in [6.07, 6.45) is -3.89. The molecule has 1 fully saturated rings. The summed E-state index contributed by atoms with van der Waals surface area (Å²) in [5.74, 6) is 0.125. The number of ether oxygens (including phenoxy) is 1. The van der Waals surface area contributed by atoms with E-state index < -0.39 is 11.7 Å². The molecule has 8 heteroatoms. The van der Waals surface area contributed by atoms with Gasteiger partial charge in [-0.15, -0.1) is 0 Å². The lowest BCUT2D eigenvalue weighted by molar-refractivity contribution is -0.137. The van der Waals surface area contributed by atoms with Crippen LogP contribution in [0.25, 0.3) is 0 Å². The van der Waals surface area contributed by atoms with Gasteiger partial charge in [0.05, 0.1) is 11.6 Å². The maximum Gasteiger partial charge on any atom is 0.416 e. The minimum atomic E-state index is -4.40. The number of carbonyl (C=O) groups is 1. The summed E-state index contributed by atoms with van der Waals surface area (Å²) in [4.78, 5) is 13.9. The Hall–Kier alpha value is -1.80. The van der Waals surface area contributed by atoms with E-state index in [1.807, 2.05) is 13.8 Å². The molecule has 1 aromatic rings. The van der Waals surface area contributed by atoms with Crippen LogP contribution in [0.4, 0.5) is 13.2 Å². The van der Waals surface area contributed by atoms with E-state index in [-0.39, 0.29) is 36.4 Å².